The third kappa shape index (κ3) is 3.90. The lowest BCUT2D eigenvalue weighted by Gasteiger charge is -2.08. The molecule has 0 fully saturated rings. The highest BCUT2D eigenvalue weighted by atomic mass is 16.5. The van der Waals surface area contributed by atoms with Crippen LogP contribution in [-0.2, 0) is 12.8 Å². The normalized spacial score (nSPS) is 10.9. The number of aromatic nitrogens is 5. The van der Waals surface area contributed by atoms with Crippen LogP contribution in [0.5, 0.6) is 0 Å². The summed E-state index contributed by atoms with van der Waals surface area (Å²) in [4.78, 5) is 18.3. The molecule has 0 aliphatic heterocycles. The number of hydrogen-bond donors (Lipinski definition) is 1. The maximum absolute atomic E-state index is 11.2. The molecule has 3 heterocycles. The maximum Gasteiger partial charge on any atom is 0.150 e. The van der Waals surface area contributed by atoms with E-state index in [9.17, 15) is 5.21 Å². The zero-order chi connectivity index (χ0) is 22.8. The number of nitriles is 1. The van der Waals surface area contributed by atoms with Crippen molar-refractivity contribution in [3.8, 4) is 28.7 Å². The Morgan fingerprint density at radius 3 is 2.48 bits per heavy atom. The van der Waals surface area contributed by atoms with Crippen LogP contribution in [0.25, 0.3) is 33.7 Å². The van der Waals surface area contributed by atoms with Gasteiger partial charge in [0.1, 0.15) is 17.2 Å². The highest BCUT2D eigenvalue weighted by Crippen LogP contribution is 2.33. The maximum atomic E-state index is 11.2. The van der Waals surface area contributed by atoms with E-state index < -0.39 is 0 Å². The lowest BCUT2D eigenvalue weighted by Crippen LogP contribution is -2.03. The van der Waals surface area contributed by atoms with Crippen LogP contribution in [0.4, 0.5) is 0 Å². The second-order valence-corrected chi connectivity index (χ2v) is 7.65. The summed E-state index contributed by atoms with van der Waals surface area (Å²) in [5.41, 5.74) is 6.59. The number of hydrogen-bond acceptors (Lipinski definition) is 6. The Morgan fingerprint density at radius 2 is 1.73 bits per heavy atom. The van der Waals surface area contributed by atoms with Crippen LogP contribution in [0.3, 0.4) is 0 Å². The summed E-state index contributed by atoms with van der Waals surface area (Å²) in [6.07, 6.45) is 4.49. The standard InChI is InChI=1S/C26H20N6O/c1-2-20-4-3-5-22(30-20)26-25(19-10-11-21-23(15-19)29-13-12-28-21)31-24(32(26)33)14-17-6-8-18(16-27)9-7-17/h3-13,15,33H,2,14H2,1H3. The number of rotatable bonds is 5. The van der Waals surface area contributed by atoms with Gasteiger partial charge in [0.2, 0.25) is 0 Å². The number of benzene rings is 2. The zero-order valence-corrected chi connectivity index (χ0v) is 18.0. The molecular formula is C26H20N6O. The molecule has 0 atom stereocenters. The van der Waals surface area contributed by atoms with E-state index in [1.165, 1.54) is 0 Å². The van der Waals surface area contributed by atoms with Crippen LogP contribution < -0.4 is 0 Å². The van der Waals surface area contributed by atoms with Gasteiger partial charge in [0.05, 0.1) is 28.4 Å². The van der Waals surface area contributed by atoms with E-state index in [1.54, 1.807) is 24.5 Å². The lowest BCUT2D eigenvalue weighted by molar-refractivity contribution is 0.181. The number of fused-ring (bicyclic) bond motifs is 1. The molecule has 7 heteroatoms. The molecule has 2 aromatic carbocycles. The molecule has 33 heavy (non-hydrogen) atoms. The van der Waals surface area contributed by atoms with Gasteiger partial charge in [0.25, 0.3) is 0 Å². The first-order valence-corrected chi connectivity index (χ1v) is 10.6. The Kier molecular flexibility index (Phi) is 5.25. The van der Waals surface area contributed by atoms with Crippen molar-refractivity contribution in [2.75, 3.05) is 0 Å². The summed E-state index contributed by atoms with van der Waals surface area (Å²) in [6, 6.07) is 20.9. The van der Waals surface area contributed by atoms with Gasteiger partial charge in [-0.1, -0.05) is 31.2 Å². The van der Waals surface area contributed by atoms with Crippen molar-refractivity contribution in [1.29, 1.82) is 5.26 Å². The van der Waals surface area contributed by atoms with Crippen molar-refractivity contribution < 1.29 is 5.21 Å². The van der Waals surface area contributed by atoms with Gasteiger partial charge in [-0.05, 0) is 48.4 Å². The van der Waals surface area contributed by atoms with Crippen LogP contribution in [-0.4, -0.2) is 29.9 Å². The SMILES string of the molecule is CCc1cccc(-c2c(-c3ccc4nccnc4c3)nc(Cc3ccc(C#N)cc3)n2O)n1. The predicted molar refractivity (Wildman–Crippen MR) is 125 cm³/mol. The molecule has 0 aliphatic rings. The summed E-state index contributed by atoms with van der Waals surface area (Å²) >= 11 is 0. The van der Waals surface area contributed by atoms with Crippen molar-refractivity contribution >= 4 is 11.0 Å². The minimum Gasteiger partial charge on any atom is -0.427 e. The third-order valence-corrected chi connectivity index (χ3v) is 5.52. The molecule has 1 N–H and O–H groups in total. The molecule has 7 nitrogen and oxygen atoms in total. The van der Waals surface area contributed by atoms with E-state index in [2.05, 4.69) is 16.0 Å². The molecule has 0 radical (unpaired) electrons. The van der Waals surface area contributed by atoms with Crippen LogP contribution >= 0.6 is 0 Å². The highest BCUT2D eigenvalue weighted by molar-refractivity contribution is 5.84. The quantitative estimate of drug-likeness (QED) is 0.400. The van der Waals surface area contributed by atoms with Gasteiger partial charge in [0.15, 0.2) is 0 Å². The first-order valence-electron chi connectivity index (χ1n) is 10.6. The fraction of sp³-hybridized carbons (Fsp3) is 0.115. The summed E-state index contributed by atoms with van der Waals surface area (Å²) in [5, 5.41) is 20.2. The number of pyridine rings is 1. The molecule has 0 amide bonds. The van der Waals surface area contributed by atoms with Crippen molar-refractivity contribution in [1.82, 2.24) is 24.7 Å². The van der Waals surface area contributed by atoms with Crippen LogP contribution in [0.2, 0.25) is 0 Å². The third-order valence-electron chi connectivity index (χ3n) is 5.52. The Labute approximate surface area is 190 Å². The summed E-state index contributed by atoms with van der Waals surface area (Å²) in [7, 11) is 0. The van der Waals surface area contributed by atoms with Crippen molar-refractivity contribution in [2.24, 2.45) is 0 Å². The summed E-state index contributed by atoms with van der Waals surface area (Å²) < 4.78 is 1.12. The topological polar surface area (TPSA) is 101 Å². The smallest absolute Gasteiger partial charge is 0.150 e. The molecular weight excluding hydrogens is 412 g/mol. The summed E-state index contributed by atoms with van der Waals surface area (Å²) in [6.45, 7) is 2.04. The van der Waals surface area contributed by atoms with Gasteiger partial charge in [-0.25, -0.2) is 4.98 Å². The first kappa shape index (κ1) is 20.3. The first-order chi connectivity index (χ1) is 16.2. The molecule has 0 bridgehead atoms. The number of imidazole rings is 1. The van der Waals surface area contributed by atoms with E-state index in [0.717, 1.165) is 39.0 Å². The van der Waals surface area contributed by atoms with E-state index in [-0.39, 0.29) is 0 Å². The van der Waals surface area contributed by atoms with Gasteiger partial charge in [-0.15, -0.1) is 0 Å². The number of nitrogens with zero attached hydrogens (tertiary/aromatic N) is 6. The second kappa shape index (κ2) is 8.52. The number of aryl methyl sites for hydroxylation is 1. The molecule has 0 unspecified atom stereocenters. The van der Waals surface area contributed by atoms with Gasteiger partial charge in [-0.2, -0.15) is 9.99 Å². The van der Waals surface area contributed by atoms with Gasteiger partial charge >= 0.3 is 0 Å². The minimum atomic E-state index is 0.399. The largest absolute Gasteiger partial charge is 0.427 e. The highest BCUT2D eigenvalue weighted by Gasteiger charge is 2.22. The Morgan fingerprint density at radius 1 is 0.939 bits per heavy atom. The van der Waals surface area contributed by atoms with Crippen molar-refractivity contribution in [3.63, 3.8) is 0 Å². The molecule has 5 rings (SSSR count). The van der Waals surface area contributed by atoms with Crippen LogP contribution in [0, 0.1) is 11.3 Å². The molecule has 0 saturated carbocycles. The predicted octanol–water partition coefficient (Wildman–Crippen LogP) is 4.82. The Balaban J connectivity index is 1.66. The average Bonchev–Trinajstić information content (AvgIpc) is 3.20. The van der Waals surface area contributed by atoms with Gasteiger partial charge < -0.3 is 5.21 Å². The summed E-state index contributed by atoms with van der Waals surface area (Å²) in [5.74, 6) is 0.479. The fourth-order valence-electron chi connectivity index (χ4n) is 3.80. The van der Waals surface area contributed by atoms with Gasteiger partial charge in [0, 0.05) is 30.1 Å². The Hall–Kier alpha value is -4.57. The van der Waals surface area contributed by atoms with Crippen molar-refractivity contribution in [3.05, 3.63) is 95.7 Å². The van der Waals surface area contributed by atoms with E-state index in [4.69, 9.17) is 15.2 Å². The molecule has 0 spiro atoms. The van der Waals surface area contributed by atoms with E-state index >= 15 is 0 Å². The van der Waals surface area contributed by atoms with Gasteiger partial charge in [-0.3, -0.25) is 15.0 Å². The second-order valence-electron chi connectivity index (χ2n) is 7.65. The molecule has 5 aromatic rings. The minimum absolute atomic E-state index is 0.399. The van der Waals surface area contributed by atoms with E-state index in [0.29, 0.717) is 34.9 Å². The molecule has 160 valence electrons. The zero-order valence-electron chi connectivity index (χ0n) is 18.0. The molecule has 3 aromatic heterocycles. The van der Waals surface area contributed by atoms with Crippen LogP contribution in [0.1, 0.15) is 29.6 Å². The average molecular weight is 432 g/mol. The van der Waals surface area contributed by atoms with E-state index in [1.807, 2.05) is 55.5 Å². The monoisotopic (exact) mass is 432 g/mol. The van der Waals surface area contributed by atoms with Crippen LogP contribution in [0.15, 0.2) is 73.1 Å². The Bertz CT molecular complexity index is 1500. The lowest BCUT2D eigenvalue weighted by atomic mass is 10.1. The molecule has 0 aliphatic carbocycles. The fourth-order valence-corrected chi connectivity index (χ4v) is 3.80. The molecule has 0 saturated heterocycles. The van der Waals surface area contributed by atoms with Crippen molar-refractivity contribution in [2.45, 2.75) is 19.8 Å².